The average Bonchev–Trinajstić information content (AvgIpc) is 2.60. The van der Waals surface area contributed by atoms with Crippen LogP contribution in [0.15, 0.2) is 0 Å². The van der Waals surface area contributed by atoms with Crippen LogP contribution in [0.5, 0.6) is 0 Å². The fourth-order valence-electron chi connectivity index (χ4n) is 2.79. The van der Waals surface area contributed by atoms with Gasteiger partial charge in [-0.15, -0.1) is 0 Å². The lowest BCUT2D eigenvalue weighted by Gasteiger charge is -2.45. The fraction of sp³-hybridized carbons (Fsp3) is 1.00. The highest BCUT2D eigenvalue weighted by Gasteiger charge is 2.50. The van der Waals surface area contributed by atoms with E-state index in [1.165, 1.54) is 0 Å². The Morgan fingerprint density at radius 3 is 1.77 bits per heavy atom. The van der Waals surface area contributed by atoms with E-state index in [4.69, 9.17) is 29.5 Å². The van der Waals surface area contributed by atoms with E-state index in [1.807, 2.05) is 0 Å². The first-order valence-electron chi connectivity index (χ1n) is 7.81. The molecule has 2 heterocycles. The topological polar surface area (TPSA) is 219 Å². The molecule has 154 valence electrons. The Balaban J connectivity index is 2.11. The summed E-state index contributed by atoms with van der Waals surface area (Å²) in [5, 5.41) is 85.6. The monoisotopic (exact) mass is 388 g/mol. The molecule has 0 aromatic carbocycles. The Morgan fingerprint density at radius 2 is 1.23 bits per heavy atom. The van der Waals surface area contributed by atoms with Gasteiger partial charge in [-0.25, -0.2) is 0 Å². The van der Waals surface area contributed by atoms with Crippen molar-refractivity contribution in [3.63, 3.8) is 0 Å². The second kappa shape index (κ2) is 9.11. The molecule has 2 aliphatic rings. The summed E-state index contributed by atoms with van der Waals surface area (Å²) in [4.78, 5) is 0. The SMILES string of the molecule is OCC1O[C@H](O[C@@H]2C(CO)O[C@H](OC(O)O)C(O)C2O)C(O)C(O)[C@@H]1O. The summed E-state index contributed by atoms with van der Waals surface area (Å²) in [6.07, 6.45) is -16.2. The number of ether oxygens (including phenoxy) is 4. The molecule has 0 radical (unpaired) electrons. The quantitative estimate of drug-likeness (QED) is 0.194. The highest BCUT2D eigenvalue weighted by molar-refractivity contribution is 4.94. The Hall–Kier alpha value is -0.520. The second-order valence-corrected chi connectivity index (χ2v) is 5.97. The van der Waals surface area contributed by atoms with E-state index in [-0.39, 0.29) is 0 Å². The van der Waals surface area contributed by atoms with Gasteiger partial charge in [-0.3, -0.25) is 4.74 Å². The number of hydrogen-bond acceptors (Lipinski definition) is 13. The van der Waals surface area contributed by atoms with E-state index in [0.717, 1.165) is 0 Å². The summed E-state index contributed by atoms with van der Waals surface area (Å²) < 4.78 is 20.0. The molecule has 13 heteroatoms. The van der Waals surface area contributed by atoms with Gasteiger partial charge in [0.1, 0.15) is 48.8 Å². The molecule has 0 saturated carbocycles. The molecule has 9 N–H and O–H groups in total. The van der Waals surface area contributed by atoms with Crippen LogP contribution in [0.2, 0.25) is 0 Å². The van der Waals surface area contributed by atoms with Crippen LogP contribution in [0.25, 0.3) is 0 Å². The van der Waals surface area contributed by atoms with E-state index >= 15 is 0 Å². The number of aliphatic hydroxyl groups excluding tert-OH is 8. The van der Waals surface area contributed by atoms with Crippen molar-refractivity contribution in [3.05, 3.63) is 0 Å². The normalized spacial score (nSPS) is 47.3. The summed E-state index contributed by atoms with van der Waals surface area (Å²) in [5.41, 5.74) is 0. The van der Waals surface area contributed by atoms with Gasteiger partial charge in [0, 0.05) is 0 Å². The van der Waals surface area contributed by atoms with Gasteiger partial charge in [-0.1, -0.05) is 0 Å². The lowest BCUT2D eigenvalue weighted by molar-refractivity contribution is -0.388. The van der Waals surface area contributed by atoms with Gasteiger partial charge < -0.3 is 60.2 Å². The molecule has 2 rings (SSSR count). The van der Waals surface area contributed by atoms with Crippen LogP contribution in [0.3, 0.4) is 0 Å². The van der Waals surface area contributed by atoms with E-state index in [0.29, 0.717) is 0 Å². The lowest BCUT2D eigenvalue weighted by Crippen LogP contribution is -2.64. The van der Waals surface area contributed by atoms with Crippen molar-refractivity contribution in [2.24, 2.45) is 0 Å². The minimum atomic E-state index is -2.32. The zero-order valence-corrected chi connectivity index (χ0v) is 13.4. The first-order valence-corrected chi connectivity index (χ1v) is 7.81. The van der Waals surface area contributed by atoms with E-state index in [2.05, 4.69) is 4.74 Å². The summed E-state index contributed by atoms with van der Waals surface area (Å²) in [6, 6.07) is 0. The van der Waals surface area contributed by atoms with Crippen LogP contribution in [-0.4, -0.2) is 127 Å². The highest BCUT2D eigenvalue weighted by atomic mass is 16.8. The van der Waals surface area contributed by atoms with Gasteiger partial charge in [0.15, 0.2) is 12.6 Å². The maximum atomic E-state index is 10.2. The van der Waals surface area contributed by atoms with Crippen LogP contribution >= 0.6 is 0 Å². The Bertz CT molecular complexity index is 432. The average molecular weight is 388 g/mol. The third-order valence-corrected chi connectivity index (χ3v) is 4.22. The van der Waals surface area contributed by atoms with Gasteiger partial charge in [0.25, 0.3) is 6.48 Å². The largest absolute Gasteiger partial charge is 0.394 e. The maximum absolute atomic E-state index is 10.2. The van der Waals surface area contributed by atoms with Crippen LogP contribution < -0.4 is 0 Å². The van der Waals surface area contributed by atoms with Crippen LogP contribution in [0.4, 0.5) is 0 Å². The second-order valence-electron chi connectivity index (χ2n) is 5.97. The van der Waals surface area contributed by atoms with Crippen molar-refractivity contribution < 1.29 is 64.9 Å². The van der Waals surface area contributed by atoms with Crippen molar-refractivity contribution in [1.29, 1.82) is 0 Å². The van der Waals surface area contributed by atoms with Crippen LogP contribution in [0, 0.1) is 0 Å². The van der Waals surface area contributed by atoms with Gasteiger partial charge in [-0.2, -0.15) is 0 Å². The molecule has 0 bridgehead atoms. The molecule has 0 amide bonds. The van der Waals surface area contributed by atoms with E-state index in [9.17, 15) is 30.6 Å². The predicted molar refractivity (Wildman–Crippen MR) is 75.7 cm³/mol. The van der Waals surface area contributed by atoms with Gasteiger partial charge in [0.2, 0.25) is 0 Å². The first kappa shape index (κ1) is 21.8. The molecule has 2 saturated heterocycles. The third-order valence-electron chi connectivity index (χ3n) is 4.22. The van der Waals surface area contributed by atoms with Gasteiger partial charge in [0.05, 0.1) is 13.2 Å². The van der Waals surface area contributed by atoms with Crippen molar-refractivity contribution in [3.8, 4) is 0 Å². The molecule has 0 aromatic rings. The van der Waals surface area contributed by atoms with Crippen molar-refractivity contribution >= 4 is 0 Å². The summed E-state index contributed by atoms with van der Waals surface area (Å²) >= 11 is 0. The molecular formula is C13H24O13. The molecule has 2 fully saturated rings. The smallest absolute Gasteiger partial charge is 0.268 e. The van der Waals surface area contributed by atoms with Crippen molar-refractivity contribution in [2.75, 3.05) is 13.2 Å². The Kier molecular flexibility index (Phi) is 7.63. The molecule has 10 atom stereocenters. The number of aliphatic hydroxyl groups is 9. The fourth-order valence-corrected chi connectivity index (χ4v) is 2.79. The minimum Gasteiger partial charge on any atom is -0.394 e. The van der Waals surface area contributed by atoms with Crippen molar-refractivity contribution in [1.82, 2.24) is 0 Å². The molecule has 0 aromatic heterocycles. The molecule has 0 spiro atoms. The number of hydrogen-bond donors (Lipinski definition) is 9. The predicted octanol–water partition coefficient (Wildman–Crippen LogP) is -6.10. The maximum Gasteiger partial charge on any atom is 0.268 e. The minimum absolute atomic E-state index is 0.703. The molecule has 6 unspecified atom stereocenters. The Morgan fingerprint density at radius 1 is 0.692 bits per heavy atom. The van der Waals surface area contributed by atoms with Crippen LogP contribution in [0.1, 0.15) is 0 Å². The summed E-state index contributed by atoms with van der Waals surface area (Å²) in [6.45, 7) is -3.78. The molecule has 2 aliphatic heterocycles. The van der Waals surface area contributed by atoms with Gasteiger partial charge >= 0.3 is 0 Å². The lowest BCUT2D eigenvalue weighted by atomic mass is 9.97. The zero-order valence-electron chi connectivity index (χ0n) is 13.4. The summed E-state index contributed by atoms with van der Waals surface area (Å²) in [7, 11) is 0. The van der Waals surface area contributed by atoms with Gasteiger partial charge in [-0.05, 0) is 0 Å². The zero-order chi connectivity index (χ0) is 19.6. The summed E-state index contributed by atoms with van der Waals surface area (Å²) in [5.74, 6) is 0. The molecular weight excluding hydrogens is 364 g/mol. The third kappa shape index (κ3) is 4.48. The standard InChI is InChI=1S/C13H24O13/c14-1-3-5(16)6(17)8(19)11(23-3)25-10-4(2-15)24-12(26-13(21)22)9(20)7(10)18/h3-22H,1-2H2/t3?,4?,5-,6?,7?,8?,9?,10-,11-,12-/m1/s1. The highest BCUT2D eigenvalue weighted by Crippen LogP contribution is 2.29. The number of rotatable bonds is 6. The van der Waals surface area contributed by atoms with Crippen molar-refractivity contribution in [2.45, 2.75) is 67.9 Å². The Labute approximate surface area is 147 Å². The van der Waals surface area contributed by atoms with E-state index < -0.39 is 81.1 Å². The first-order chi connectivity index (χ1) is 12.2. The van der Waals surface area contributed by atoms with E-state index in [1.54, 1.807) is 0 Å². The molecule has 0 aliphatic carbocycles. The molecule has 26 heavy (non-hydrogen) atoms. The van der Waals surface area contributed by atoms with Crippen LogP contribution in [-0.2, 0) is 18.9 Å². The molecule has 13 nitrogen and oxygen atoms in total.